The molecule has 0 radical (unpaired) electrons. The van der Waals surface area contributed by atoms with Gasteiger partial charge in [0, 0.05) is 23.6 Å². The smallest absolute Gasteiger partial charge is 0.254 e. The van der Waals surface area contributed by atoms with Crippen molar-refractivity contribution in [3.05, 3.63) is 29.3 Å². The molecule has 3 rings (SSSR count). The number of hydrogen-bond donors (Lipinski definition) is 1. The van der Waals surface area contributed by atoms with E-state index in [4.69, 9.17) is 5.48 Å². The molecule has 1 saturated carbocycles. The van der Waals surface area contributed by atoms with Gasteiger partial charge in [0.05, 0.1) is 0 Å². The van der Waals surface area contributed by atoms with E-state index in [1.807, 2.05) is 0 Å². The SMILES string of the molecule is [2H]C1([2H])CC(N2Cc3cc(O)ccc3C2=O)CC1([2H])[2H]. The van der Waals surface area contributed by atoms with Crippen LogP contribution in [0.3, 0.4) is 0 Å². The Kier molecular flexibility index (Phi) is 1.38. The highest BCUT2D eigenvalue weighted by atomic mass is 16.3. The average Bonchev–Trinajstić information content (AvgIpc) is 2.74. The number of nitrogens with zero attached hydrogens (tertiary/aromatic N) is 1. The molecule has 1 aliphatic heterocycles. The summed E-state index contributed by atoms with van der Waals surface area (Å²) >= 11 is 0. The number of hydrogen-bond acceptors (Lipinski definition) is 2. The van der Waals surface area contributed by atoms with Crippen molar-refractivity contribution in [2.75, 3.05) is 0 Å². The third kappa shape index (κ3) is 1.39. The van der Waals surface area contributed by atoms with Gasteiger partial charge in [-0.05, 0) is 36.6 Å². The molecule has 1 aromatic carbocycles. The van der Waals surface area contributed by atoms with Crippen molar-refractivity contribution in [2.45, 2.75) is 38.2 Å². The van der Waals surface area contributed by atoms with Gasteiger partial charge in [-0.1, -0.05) is 12.7 Å². The lowest BCUT2D eigenvalue weighted by atomic mass is 10.1. The maximum atomic E-state index is 12.3. The van der Waals surface area contributed by atoms with Crippen LogP contribution in [0.2, 0.25) is 0 Å². The lowest BCUT2D eigenvalue weighted by molar-refractivity contribution is 0.0707. The third-order valence-corrected chi connectivity index (χ3v) is 3.16. The minimum absolute atomic E-state index is 0.00567. The van der Waals surface area contributed by atoms with Crippen LogP contribution >= 0.6 is 0 Å². The Balaban J connectivity index is 1.87. The van der Waals surface area contributed by atoms with Gasteiger partial charge < -0.3 is 10.0 Å². The van der Waals surface area contributed by atoms with Crippen LogP contribution in [0.25, 0.3) is 0 Å². The molecule has 3 nitrogen and oxygen atoms in total. The first-order valence-electron chi connectivity index (χ1n) is 7.34. The highest BCUT2D eigenvalue weighted by molar-refractivity contribution is 5.98. The van der Waals surface area contributed by atoms with E-state index in [0.29, 0.717) is 17.7 Å². The molecule has 2 aliphatic rings. The summed E-state index contributed by atoms with van der Waals surface area (Å²) in [6.45, 7) is 0.305. The zero-order valence-corrected chi connectivity index (χ0v) is 8.73. The zero-order valence-electron chi connectivity index (χ0n) is 12.7. The van der Waals surface area contributed by atoms with Crippen LogP contribution in [-0.2, 0) is 6.54 Å². The summed E-state index contributed by atoms with van der Waals surface area (Å²) in [5.74, 6) is -0.117. The fourth-order valence-corrected chi connectivity index (χ4v) is 2.30. The predicted octanol–water partition coefficient (Wildman–Crippen LogP) is 2.29. The van der Waals surface area contributed by atoms with Gasteiger partial charge in [0.2, 0.25) is 0 Å². The van der Waals surface area contributed by atoms with Crippen molar-refractivity contribution in [3.63, 3.8) is 0 Å². The van der Waals surface area contributed by atoms with E-state index in [-0.39, 0.29) is 24.5 Å². The number of rotatable bonds is 1. The highest BCUT2D eigenvalue weighted by Crippen LogP contribution is 2.32. The third-order valence-electron chi connectivity index (χ3n) is 3.16. The molecule has 1 heterocycles. The topological polar surface area (TPSA) is 40.5 Å². The maximum Gasteiger partial charge on any atom is 0.254 e. The first-order valence-corrected chi connectivity index (χ1v) is 5.34. The van der Waals surface area contributed by atoms with E-state index in [1.54, 1.807) is 6.07 Å². The van der Waals surface area contributed by atoms with Gasteiger partial charge in [0.25, 0.3) is 5.91 Å². The number of phenols is 1. The van der Waals surface area contributed by atoms with E-state index in [1.165, 1.54) is 17.0 Å². The van der Waals surface area contributed by atoms with E-state index in [0.717, 1.165) is 0 Å². The molecule has 1 aliphatic carbocycles. The zero-order chi connectivity index (χ0) is 14.7. The molecule has 84 valence electrons. The summed E-state index contributed by atoms with van der Waals surface area (Å²) in [7, 11) is 0. The first-order chi connectivity index (χ1) is 9.21. The van der Waals surface area contributed by atoms with Crippen molar-refractivity contribution in [1.82, 2.24) is 4.90 Å². The molecule has 1 N–H and O–H groups in total. The van der Waals surface area contributed by atoms with Gasteiger partial charge >= 0.3 is 0 Å². The number of fused-ring (bicyclic) bond motifs is 1. The number of benzene rings is 1. The van der Waals surface area contributed by atoms with Crippen LogP contribution in [0, 0.1) is 0 Å². The molecule has 1 fully saturated rings. The Hall–Kier alpha value is -1.51. The molecule has 3 heteroatoms. The number of aromatic hydroxyl groups is 1. The lowest BCUT2D eigenvalue weighted by Gasteiger charge is -2.23. The Morgan fingerprint density at radius 3 is 2.88 bits per heavy atom. The Bertz CT molecular complexity index is 572. The molecule has 1 aromatic rings. The van der Waals surface area contributed by atoms with Crippen molar-refractivity contribution in [1.29, 1.82) is 0 Å². The van der Waals surface area contributed by atoms with Gasteiger partial charge in [0.15, 0.2) is 0 Å². The van der Waals surface area contributed by atoms with Crippen LogP contribution in [-0.4, -0.2) is 22.0 Å². The van der Waals surface area contributed by atoms with Gasteiger partial charge in [-0.2, -0.15) is 0 Å². The second kappa shape index (κ2) is 3.51. The molecule has 16 heavy (non-hydrogen) atoms. The van der Waals surface area contributed by atoms with E-state index >= 15 is 0 Å². The van der Waals surface area contributed by atoms with E-state index in [2.05, 4.69) is 0 Å². The molecule has 0 spiro atoms. The van der Waals surface area contributed by atoms with Crippen LogP contribution in [0.15, 0.2) is 18.2 Å². The van der Waals surface area contributed by atoms with Gasteiger partial charge in [0.1, 0.15) is 5.75 Å². The molecule has 0 bridgehead atoms. The summed E-state index contributed by atoms with van der Waals surface area (Å²) in [6, 6.07) is 4.10. The second-order valence-corrected chi connectivity index (χ2v) is 4.19. The summed E-state index contributed by atoms with van der Waals surface area (Å²) in [6.07, 6.45) is -3.83. The van der Waals surface area contributed by atoms with E-state index < -0.39 is 18.8 Å². The van der Waals surface area contributed by atoms with Crippen molar-refractivity contribution >= 4 is 5.91 Å². The fraction of sp³-hybridized carbons (Fsp3) is 0.462. The van der Waals surface area contributed by atoms with Crippen LogP contribution in [0.1, 0.15) is 47.0 Å². The molecule has 1 amide bonds. The summed E-state index contributed by atoms with van der Waals surface area (Å²) in [4.78, 5) is 13.8. The molecule has 0 saturated heterocycles. The average molecular weight is 221 g/mol. The minimum atomic E-state index is -1.92. The standard InChI is InChI=1S/C13H15NO2/c15-11-5-6-12-9(7-11)8-14(13(12)16)10-3-1-2-4-10/h5-7,10,15H,1-4,8H2/i1D2,2D2. The summed E-state index contributed by atoms with van der Waals surface area (Å²) in [5, 5.41) is 9.45. The van der Waals surface area contributed by atoms with Crippen molar-refractivity contribution in [3.8, 4) is 5.75 Å². The lowest BCUT2D eigenvalue weighted by Crippen LogP contribution is -2.33. The van der Waals surface area contributed by atoms with Crippen LogP contribution in [0.5, 0.6) is 5.75 Å². The fourth-order valence-electron chi connectivity index (χ4n) is 2.30. The van der Waals surface area contributed by atoms with Gasteiger partial charge in [-0.25, -0.2) is 0 Å². The number of carbonyl (C=O) groups is 1. The minimum Gasteiger partial charge on any atom is -0.508 e. The van der Waals surface area contributed by atoms with Crippen molar-refractivity contribution in [2.24, 2.45) is 0 Å². The van der Waals surface area contributed by atoms with E-state index in [9.17, 15) is 9.90 Å². The molecule has 0 unspecified atom stereocenters. The van der Waals surface area contributed by atoms with Crippen molar-refractivity contribution < 1.29 is 15.4 Å². The number of amides is 1. The normalized spacial score (nSPS) is 30.5. The quantitative estimate of drug-likeness (QED) is 0.790. The number of carbonyl (C=O) groups excluding carboxylic acids is 1. The Morgan fingerprint density at radius 1 is 1.38 bits per heavy atom. The summed E-state index contributed by atoms with van der Waals surface area (Å²) in [5.41, 5.74) is 1.22. The molecular weight excluding hydrogens is 202 g/mol. The maximum absolute atomic E-state index is 12.3. The molecular formula is C13H15NO2. The first kappa shape index (κ1) is 6.28. The monoisotopic (exact) mass is 221 g/mol. The highest BCUT2D eigenvalue weighted by Gasteiger charge is 2.33. The summed E-state index contributed by atoms with van der Waals surface area (Å²) < 4.78 is 31.0. The molecule has 0 aromatic heterocycles. The van der Waals surface area contributed by atoms with Crippen LogP contribution < -0.4 is 0 Å². The van der Waals surface area contributed by atoms with Gasteiger partial charge in [-0.3, -0.25) is 4.79 Å². The van der Waals surface area contributed by atoms with Gasteiger partial charge in [-0.15, -0.1) is 0 Å². The predicted molar refractivity (Wildman–Crippen MR) is 60.2 cm³/mol. The Labute approximate surface area is 100 Å². The number of phenolic OH excluding ortho intramolecular Hbond substituents is 1. The second-order valence-electron chi connectivity index (χ2n) is 4.19. The largest absolute Gasteiger partial charge is 0.508 e. The Morgan fingerprint density at radius 2 is 2.12 bits per heavy atom. The van der Waals surface area contributed by atoms with Crippen LogP contribution in [0.4, 0.5) is 0 Å². The molecule has 0 atom stereocenters.